The topological polar surface area (TPSA) is 52.6 Å². The van der Waals surface area contributed by atoms with E-state index in [4.69, 9.17) is 5.11 Å². The van der Waals surface area contributed by atoms with Crippen LogP contribution in [0.5, 0.6) is 0 Å². The second-order valence-electron chi connectivity index (χ2n) is 4.79. The Hall–Kier alpha value is -1.39. The number of benzene rings is 1. The number of anilines is 1. The summed E-state index contributed by atoms with van der Waals surface area (Å²) in [4.78, 5) is 13.6. The number of nitrogens with zero attached hydrogens (tertiary/aromatic N) is 1. The Bertz CT molecular complexity index is 418. The SMILES string of the molecule is Cc1ccc(NC(=O)CN(C)C(C)CO)cc1C. The zero-order valence-electron chi connectivity index (χ0n) is 11.5. The number of aliphatic hydroxyl groups excluding tert-OH is 1. The second kappa shape index (κ2) is 6.52. The number of likely N-dealkylation sites (N-methyl/N-ethyl adjacent to an activating group) is 1. The molecule has 0 saturated carbocycles. The number of hydrogen-bond donors (Lipinski definition) is 2. The fraction of sp³-hybridized carbons (Fsp3) is 0.500. The Morgan fingerprint density at radius 2 is 2.06 bits per heavy atom. The highest BCUT2D eigenvalue weighted by Gasteiger charge is 2.12. The largest absolute Gasteiger partial charge is 0.395 e. The van der Waals surface area contributed by atoms with Gasteiger partial charge in [0.25, 0.3) is 0 Å². The molecule has 4 nitrogen and oxygen atoms in total. The van der Waals surface area contributed by atoms with Crippen LogP contribution in [0, 0.1) is 13.8 Å². The first-order valence-corrected chi connectivity index (χ1v) is 6.12. The Morgan fingerprint density at radius 1 is 1.39 bits per heavy atom. The number of rotatable bonds is 5. The molecule has 1 aromatic rings. The molecular weight excluding hydrogens is 228 g/mol. The van der Waals surface area contributed by atoms with Crippen molar-refractivity contribution in [2.24, 2.45) is 0 Å². The van der Waals surface area contributed by atoms with Crippen LogP contribution in [0.25, 0.3) is 0 Å². The van der Waals surface area contributed by atoms with Crippen LogP contribution in [0.4, 0.5) is 5.69 Å². The van der Waals surface area contributed by atoms with E-state index >= 15 is 0 Å². The fourth-order valence-corrected chi connectivity index (χ4v) is 1.54. The lowest BCUT2D eigenvalue weighted by molar-refractivity contribution is -0.117. The first-order chi connectivity index (χ1) is 8.43. The molecule has 1 atom stereocenters. The van der Waals surface area contributed by atoms with E-state index in [2.05, 4.69) is 5.32 Å². The van der Waals surface area contributed by atoms with Crippen LogP contribution < -0.4 is 5.32 Å². The number of nitrogens with one attached hydrogen (secondary N) is 1. The van der Waals surface area contributed by atoms with Crippen molar-refractivity contribution in [3.63, 3.8) is 0 Å². The Morgan fingerprint density at radius 3 is 2.61 bits per heavy atom. The molecule has 18 heavy (non-hydrogen) atoms. The Balaban J connectivity index is 2.57. The van der Waals surface area contributed by atoms with Crippen molar-refractivity contribution in [2.75, 3.05) is 25.5 Å². The number of aliphatic hydroxyl groups is 1. The van der Waals surface area contributed by atoms with Crippen molar-refractivity contribution < 1.29 is 9.90 Å². The molecule has 0 radical (unpaired) electrons. The summed E-state index contributed by atoms with van der Waals surface area (Å²) in [5.41, 5.74) is 3.18. The summed E-state index contributed by atoms with van der Waals surface area (Å²) in [6, 6.07) is 5.83. The third-order valence-electron chi connectivity index (χ3n) is 3.20. The summed E-state index contributed by atoms with van der Waals surface area (Å²) >= 11 is 0. The van der Waals surface area contributed by atoms with Gasteiger partial charge in [-0.05, 0) is 51.1 Å². The first kappa shape index (κ1) is 14.7. The molecule has 1 amide bonds. The molecule has 0 aliphatic rings. The maximum absolute atomic E-state index is 11.8. The molecule has 1 aromatic carbocycles. The zero-order chi connectivity index (χ0) is 13.7. The van der Waals surface area contributed by atoms with Gasteiger partial charge in [0.15, 0.2) is 0 Å². The summed E-state index contributed by atoms with van der Waals surface area (Å²) < 4.78 is 0. The highest BCUT2D eigenvalue weighted by molar-refractivity contribution is 5.92. The van der Waals surface area contributed by atoms with Crippen LogP contribution in [0.1, 0.15) is 18.1 Å². The number of hydrogen-bond acceptors (Lipinski definition) is 3. The van der Waals surface area contributed by atoms with E-state index in [1.165, 1.54) is 5.56 Å². The average molecular weight is 250 g/mol. The van der Waals surface area contributed by atoms with Crippen LogP contribution >= 0.6 is 0 Å². The van der Waals surface area contributed by atoms with Crippen molar-refractivity contribution in [3.8, 4) is 0 Å². The number of aryl methyl sites for hydroxylation is 2. The van der Waals surface area contributed by atoms with Crippen molar-refractivity contribution >= 4 is 11.6 Å². The van der Waals surface area contributed by atoms with E-state index in [1.807, 2.05) is 50.9 Å². The maximum Gasteiger partial charge on any atom is 0.238 e. The molecule has 1 rings (SSSR count). The number of carbonyl (C=O) groups is 1. The Labute approximate surface area is 109 Å². The highest BCUT2D eigenvalue weighted by Crippen LogP contribution is 2.14. The van der Waals surface area contributed by atoms with Crippen LogP contribution in [-0.4, -0.2) is 42.2 Å². The van der Waals surface area contributed by atoms with Gasteiger partial charge in [0, 0.05) is 11.7 Å². The van der Waals surface area contributed by atoms with E-state index in [9.17, 15) is 4.79 Å². The molecule has 0 bridgehead atoms. The fourth-order valence-electron chi connectivity index (χ4n) is 1.54. The van der Waals surface area contributed by atoms with Gasteiger partial charge >= 0.3 is 0 Å². The van der Waals surface area contributed by atoms with Gasteiger partial charge < -0.3 is 10.4 Å². The molecule has 0 saturated heterocycles. The minimum absolute atomic E-state index is 0.0181. The average Bonchev–Trinajstić information content (AvgIpc) is 2.32. The summed E-state index contributed by atoms with van der Waals surface area (Å²) in [6.45, 7) is 6.26. The van der Waals surface area contributed by atoms with Crippen molar-refractivity contribution in [3.05, 3.63) is 29.3 Å². The van der Waals surface area contributed by atoms with Crippen molar-refractivity contribution in [1.29, 1.82) is 0 Å². The standard InChI is InChI=1S/C14H22N2O2/c1-10-5-6-13(7-11(10)2)15-14(18)8-16(4)12(3)9-17/h5-7,12,17H,8-9H2,1-4H3,(H,15,18). The molecule has 0 aliphatic heterocycles. The van der Waals surface area contributed by atoms with Gasteiger partial charge in [-0.15, -0.1) is 0 Å². The van der Waals surface area contributed by atoms with E-state index in [0.717, 1.165) is 11.3 Å². The summed E-state index contributed by atoms with van der Waals surface area (Å²) in [6.07, 6.45) is 0. The molecule has 0 heterocycles. The molecule has 0 spiro atoms. The van der Waals surface area contributed by atoms with Gasteiger partial charge in [-0.2, -0.15) is 0 Å². The maximum atomic E-state index is 11.8. The van der Waals surface area contributed by atoms with Crippen molar-refractivity contribution in [2.45, 2.75) is 26.8 Å². The summed E-state index contributed by atoms with van der Waals surface area (Å²) in [5.74, 6) is -0.0685. The lowest BCUT2D eigenvalue weighted by atomic mass is 10.1. The minimum Gasteiger partial charge on any atom is -0.395 e. The molecule has 4 heteroatoms. The van der Waals surface area contributed by atoms with Crippen LogP contribution in [0.3, 0.4) is 0 Å². The first-order valence-electron chi connectivity index (χ1n) is 6.12. The monoisotopic (exact) mass is 250 g/mol. The predicted molar refractivity (Wildman–Crippen MR) is 73.7 cm³/mol. The minimum atomic E-state index is -0.0685. The molecule has 1 unspecified atom stereocenters. The van der Waals surface area contributed by atoms with Gasteiger partial charge in [-0.1, -0.05) is 6.07 Å². The quantitative estimate of drug-likeness (QED) is 0.833. The van der Waals surface area contributed by atoms with Gasteiger partial charge in [-0.25, -0.2) is 0 Å². The highest BCUT2D eigenvalue weighted by atomic mass is 16.3. The lowest BCUT2D eigenvalue weighted by Gasteiger charge is -2.22. The Kier molecular flexibility index (Phi) is 5.31. The van der Waals surface area contributed by atoms with E-state index < -0.39 is 0 Å². The zero-order valence-corrected chi connectivity index (χ0v) is 11.5. The summed E-state index contributed by atoms with van der Waals surface area (Å²) in [7, 11) is 1.82. The van der Waals surface area contributed by atoms with Crippen LogP contribution in [0.2, 0.25) is 0 Å². The number of carbonyl (C=O) groups excluding carboxylic acids is 1. The third kappa shape index (κ3) is 4.13. The van der Waals surface area contributed by atoms with Gasteiger partial charge in [0.1, 0.15) is 0 Å². The molecule has 0 aliphatic carbocycles. The third-order valence-corrected chi connectivity index (χ3v) is 3.20. The van der Waals surface area contributed by atoms with Crippen LogP contribution in [-0.2, 0) is 4.79 Å². The van der Waals surface area contributed by atoms with E-state index in [-0.39, 0.29) is 25.1 Å². The van der Waals surface area contributed by atoms with Gasteiger partial charge in [0.05, 0.1) is 13.2 Å². The van der Waals surface area contributed by atoms with Gasteiger partial charge in [0.2, 0.25) is 5.91 Å². The second-order valence-corrected chi connectivity index (χ2v) is 4.79. The summed E-state index contributed by atoms with van der Waals surface area (Å²) in [5, 5.41) is 11.9. The lowest BCUT2D eigenvalue weighted by Crippen LogP contribution is -2.38. The van der Waals surface area contributed by atoms with E-state index in [1.54, 1.807) is 0 Å². The molecule has 2 N–H and O–H groups in total. The number of amides is 1. The molecule has 0 aromatic heterocycles. The molecule has 0 fully saturated rings. The van der Waals surface area contributed by atoms with Gasteiger partial charge in [-0.3, -0.25) is 9.69 Å². The van der Waals surface area contributed by atoms with Crippen molar-refractivity contribution in [1.82, 2.24) is 4.90 Å². The van der Waals surface area contributed by atoms with Crippen LogP contribution in [0.15, 0.2) is 18.2 Å². The van der Waals surface area contributed by atoms with E-state index in [0.29, 0.717) is 0 Å². The molecular formula is C14H22N2O2. The predicted octanol–water partition coefficient (Wildman–Crippen LogP) is 1.55. The smallest absolute Gasteiger partial charge is 0.238 e. The normalized spacial score (nSPS) is 12.6. The molecule has 100 valence electrons.